The maximum absolute atomic E-state index is 13.1. The number of carbonyl (C=O) groups is 1. The number of pyridine rings is 1. The van der Waals surface area contributed by atoms with Crippen molar-refractivity contribution >= 4 is 17.3 Å². The van der Waals surface area contributed by atoms with Gasteiger partial charge in [-0.05, 0) is 60.6 Å². The van der Waals surface area contributed by atoms with Gasteiger partial charge in [-0.1, -0.05) is 13.0 Å². The van der Waals surface area contributed by atoms with Crippen molar-refractivity contribution < 1.29 is 4.79 Å². The summed E-state index contributed by atoms with van der Waals surface area (Å²) in [6.07, 6.45) is 6.04. The zero-order valence-corrected chi connectivity index (χ0v) is 16.4. The van der Waals surface area contributed by atoms with E-state index in [0.29, 0.717) is 24.4 Å². The Morgan fingerprint density at radius 2 is 2.21 bits per heavy atom. The molecule has 2 aromatic rings. The van der Waals surface area contributed by atoms with Crippen LogP contribution in [-0.2, 0) is 17.6 Å². The first-order valence-electron chi connectivity index (χ1n) is 9.93. The minimum atomic E-state index is 0.0396. The Balaban J connectivity index is 1.64. The van der Waals surface area contributed by atoms with Crippen molar-refractivity contribution in [2.24, 2.45) is 4.99 Å². The third-order valence-electron chi connectivity index (χ3n) is 5.65. The van der Waals surface area contributed by atoms with Crippen molar-refractivity contribution in [1.82, 2.24) is 4.98 Å². The molecule has 1 aromatic heterocycles. The number of nitriles is 1. The van der Waals surface area contributed by atoms with Crippen molar-refractivity contribution in [2.75, 3.05) is 18.5 Å². The quantitative estimate of drug-likeness (QED) is 0.750. The fourth-order valence-corrected chi connectivity index (χ4v) is 4.12. The molecule has 0 radical (unpaired) electrons. The lowest BCUT2D eigenvalue weighted by Crippen LogP contribution is -2.31. The molecule has 2 heterocycles. The number of aliphatic imine (C=N–C) groups is 1. The number of benzene rings is 1. The van der Waals surface area contributed by atoms with Crippen LogP contribution in [0.4, 0.5) is 5.69 Å². The number of carbonyl (C=O) groups excluding carboxylic acids is 1. The van der Waals surface area contributed by atoms with Crippen LogP contribution in [-0.4, -0.2) is 30.2 Å². The first kappa shape index (κ1) is 18.4. The van der Waals surface area contributed by atoms with Gasteiger partial charge in [-0.25, -0.2) is 0 Å². The second-order valence-corrected chi connectivity index (χ2v) is 7.46. The lowest BCUT2D eigenvalue weighted by Gasteiger charge is -2.20. The van der Waals surface area contributed by atoms with Crippen LogP contribution in [0.5, 0.6) is 0 Å². The summed E-state index contributed by atoms with van der Waals surface area (Å²) in [4.78, 5) is 23.8. The predicted octanol–water partition coefficient (Wildman–Crippen LogP) is 3.79. The van der Waals surface area contributed by atoms with Crippen LogP contribution in [0.15, 0.2) is 35.5 Å². The van der Waals surface area contributed by atoms with Crippen LogP contribution in [0.25, 0.3) is 0 Å². The van der Waals surface area contributed by atoms with Gasteiger partial charge in [-0.2, -0.15) is 5.26 Å². The van der Waals surface area contributed by atoms with E-state index in [-0.39, 0.29) is 5.91 Å². The lowest BCUT2D eigenvalue weighted by molar-refractivity contribution is -0.117. The third-order valence-corrected chi connectivity index (χ3v) is 5.65. The molecule has 1 aliphatic carbocycles. The summed E-state index contributed by atoms with van der Waals surface area (Å²) in [7, 11) is 1.78. The summed E-state index contributed by atoms with van der Waals surface area (Å²) in [6, 6.07) is 10.2. The lowest BCUT2D eigenvalue weighted by atomic mass is 9.99. The molecule has 142 valence electrons. The first-order valence-corrected chi connectivity index (χ1v) is 9.93. The van der Waals surface area contributed by atoms with E-state index >= 15 is 0 Å². The normalized spacial score (nSPS) is 16.0. The van der Waals surface area contributed by atoms with E-state index in [9.17, 15) is 10.1 Å². The molecule has 2 aliphatic rings. The molecular formula is C23H24N4O. The summed E-state index contributed by atoms with van der Waals surface area (Å²) >= 11 is 0. The van der Waals surface area contributed by atoms with Crippen molar-refractivity contribution in [3.8, 4) is 6.07 Å². The summed E-state index contributed by atoms with van der Waals surface area (Å²) in [5, 5.41) is 9.73. The maximum atomic E-state index is 13.1. The van der Waals surface area contributed by atoms with Gasteiger partial charge in [0.25, 0.3) is 0 Å². The van der Waals surface area contributed by atoms with Crippen LogP contribution < -0.4 is 4.90 Å². The minimum absolute atomic E-state index is 0.0396. The van der Waals surface area contributed by atoms with Gasteiger partial charge in [0.15, 0.2) is 0 Å². The van der Waals surface area contributed by atoms with Gasteiger partial charge >= 0.3 is 0 Å². The molecule has 1 aromatic carbocycles. The molecule has 1 fully saturated rings. The number of anilines is 1. The molecule has 5 heteroatoms. The molecule has 28 heavy (non-hydrogen) atoms. The number of rotatable bonds is 5. The van der Waals surface area contributed by atoms with Crippen LogP contribution >= 0.6 is 0 Å². The van der Waals surface area contributed by atoms with Crippen molar-refractivity contribution in [1.29, 1.82) is 5.26 Å². The first-order chi connectivity index (χ1) is 13.7. The topological polar surface area (TPSA) is 69.3 Å². The van der Waals surface area contributed by atoms with Crippen LogP contribution in [0, 0.1) is 11.3 Å². The average molecular weight is 372 g/mol. The summed E-state index contributed by atoms with van der Waals surface area (Å²) < 4.78 is 0. The fourth-order valence-electron chi connectivity index (χ4n) is 4.12. The second-order valence-electron chi connectivity index (χ2n) is 7.46. The molecule has 0 atom stereocenters. The monoisotopic (exact) mass is 372 g/mol. The van der Waals surface area contributed by atoms with Crippen LogP contribution in [0.2, 0.25) is 0 Å². The fraction of sp³-hybridized carbons (Fsp3) is 0.391. The number of amides is 1. The highest BCUT2D eigenvalue weighted by atomic mass is 16.2. The highest BCUT2D eigenvalue weighted by Crippen LogP contribution is 2.41. The molecule has 1 saturated carbocycles. The molecule has 0 unspecified atom stereocenters. The van der Waals surface area contributed by atoms with Crippen molar-refractivity contribution in [2.45, 2.75) is 44.9 Å². The van der Waals surface area contributed by atoms with Gasteiger partial charge in [-0.15, -0.1) is 0 Å². The average Bonchev–Trinajstić information content (AvgIpc) is 3.47. The number of aromatic nitrogens is 1. The Kier molecular flexibility index (Phi) is 4.95. The molecule has 0 N–H and O–H groups in total. The molecule has 0 saturated heterocycles. The largest absolute Gasteiger partial charge is 0.310 e. The highest BCUT2D eigenvalue weighted by molar-refractivity contribution is 6.03. The second kappa shape index (κ2) is 7.55. The smallest absolute Gasteiger partial charge is 0.231 e. The van der Waals surface area contributed by atoms with Gasteiger partial charge in [0, 0.05) is 37.1 Å². The van der Waals surface area contributed by atoms with Gasteiger partial charge in [0.2, 0.25) is 5.91 Å². The Hall–Kier alpha value is -3.00. The van der Waals surface area contributed by atoms with E-state index < -0.39 is 0 Å². The van der Waals surface area contributed by atoms with Crippen molar-refractivity contribution in [3.05, 3.63) is 58.4 Å². The number of hydrogen-bond acceptors (Lipinski definition) is 4. The molecule has 1 amide bonds. The van der Waals surface area contributed by atoms with E-state index in [4.69, 9.17) is 0 Å². The Morgan fingerprint density at radius 1 is 1.39 bits per heavy atom. The third kappa shape index (κ3) is 3.31. The van der Waals surface area contributed by atoms with Gasteiger partial charge in [0.1, 0.15) is 6.07 Å². The van der Waals surface area contributed by atoms with Gasteiger partial charge in [0.05, 0.1) is 17.7 Å². The summed E-state index contributed by atoms with van der Waals surface area (Å²) in [5.74, 6) is 0.547. The highest BCUT2D eigenvalue weighted by Gasteiger charge is 2.31. The van der Waals surface area contributed by atoms with Gasteiger partial charge in [-0.3, -0.25) is 14.8 Å². The SMILES string of the molecule is CCC(=NC)c1cc(C#N)c2c(c1)CCN2C(=O)Cc1cccnc1C1CC1. The van der Waals surface area contributed by atoms with Crippen LogP contribution in [0.3, 0.4) is 0 Å². The minimum Gasteiger partial charge on any atom is -0.310 e. The van der Waals surface area contributed by atoms with Crippen LogP contribution in [0.1, 0.15) is 60.1 Å². The molecule has 4 rings (SSSR count). The zero-order chi connectivity index (χ0) is 19.7. The maximum Gasteiger partial charge on any atom is 0.231 e. The van der Waals surface area contributed by atoms with E-state index in [2.05, 4.69) is 29.0 Å². The molecular weight excluding hydrogens is 348 g/mol. The molecule has 5 nitrogen and oxygen atoms in total. The summed E-state index contributed by atoms with van der Waals surface area (Å²) in [6.45, 7) is 2.68. The number of hydrogen-bond donors (Lipinski definition) is 0. The Labute approximate surface area is 165 Å². The molecule has 0 spiro atoms. The predicted molar refractivity (Wildman–Crippen MR) is 110 cm³/mol. The standard InChI is InChI=1S/C23H24N4O/c1-3-20(25-2)18-11-17-8-10-27(23(17)19(12-18)14-24)21(28)13-16-5-4-9-26-22(16)15-6-7-15/h4-5,9,11-12,15H,3,6-8,10,13H2,1-2H3. The van der Waals surface area contributed by atoms with E-state index in [1.807, 2.05) is 24.4 Å². The van der Waals surface area contributed by atoms with Gasteiger partial charge < -0.3 is 4.90 Å². The Morgan fingerprint density at radius 3 is 2.89 bits per heavy atom. The van der Waals surface area contributed by atoms with E-state index in [0.717, 1.165) is 59.5 Å². The van der Waals surface area contributed by atoms with E-state index in [1.54, 1.807) is 11.9 Å². The summed E-state index contributed by atoms with van der Waals surface area (Å²) in [5.41, 5.74) is 6.45. The van der Waals surface area contributed by atoms with Crippen molar-refractivity contribution in [3.63, 3.8) is 0 Å². The zero-order valence-electron chi connectivity index (χ0n) is 16.4. The number of nitrogens with zero attached hydrogens (tertiary/aromatic N) is 4. The molecule has 0 bridgehead atoms. The molecule has 1 aliphatic heterocycles. The number of fused-ring (bicyclic) bond motifs is 1. The Bertz CT molecular complexity index is 998. The van der Waals surface area contributed by atoms with E-state index in [1.165, 1.54) is 0 Å².